The van der Waals surface area contributed by atoms with Crippen LogP contribution in [0.3, 0.4) is 0 Å². The number of hydrogen-bond acceptors (Lipinski definition) is 10. The van der Waals surface area contributed by atoms with Gasteiger partial charge in [-0.1, -0.05) is 41.6 Å². The lowest BCUT2D eigenvalue weighted by Crippen LogP contribution is -2.28. The van der Waals surface area contributed by atoms with Crippen molar-refractivity contribution in [2.45, 2.75) is 30.4 Å². The number of pyridine rings is 1. The number of fused-ring (bicyclic) bond motifs is 1. The van der Waals surface area contributed by atoms with Crippen molar-refractivity contribution >= 4 is 52.6 Å². The van der Waals surface area contributed by atoms with E-state index in [1.807, 2.05) is 54.6 Å². The maximum absolute atomic E-state index is 12.7. The van der Waals surface area contributed by atoms with Gasteiger partial charge in [0.25, 0.3) is 5.89 Å². The van der Waals surface area contributed by atoms with E-state index < -0.39 is 34.8 Å². The summed E-state index contributed by atoms with van der Waals surface area (Å²) >= 11 is 0. The molecule has 5 aromatic rings. The third kappa shape index (κ3) is 8.30. The minimum Gasteiger partial charge on any atom is -0.334 e. The van der Waals surface area contributed by atoms with Crippen LogP contribution in [0, 0.1) is 6.92 Å². The summed E-state index contributed by atoms with van der Waals surface area (Å²) < 4.78 is 85.3. The third-order valence-corrected chi connectivity index (χ3v) is 10.4. The van der Waals surface area contributed by atoms with E-state index in [-0.39, 0.29) is 4.90 Å². The van der Waals surface area contributed by atoms with Crippen molar-refractivity contribution in [1.82, 2.24) is 15.1 Å². The van der Waals surface area contributed by atoms with Crippen LogP contribution >= 0.6 is 0 Å². The Morgan fingerprint density at radius 1 is 0.870 bits per heavy atom. The fourth-order valence-electron chi connectivity index (χ4n) is 4.49. The molecule has 0 aliphatic rings. The second kappa shape index (κ2) is 12.8. The summed E-state index contributed by atoms with van der Waals surface area (Å²) in [7, 11) is -11.4. The van der Waals surface area contributed by atoms with Gasteiger partial charge >= 0.3 is 10.4 Å². The van der Waals surface area contributed by atoms with E-state index in [0.717, 1.165) is 33.8 Å². The zero-order chi connectivity index (χ0) is 34.1. The molecule has 2 heterocycles. The Morgan fingerprint density at radius 2 is 1.52 bits per heavy atom. The first-order valence-electron chi connectivity index (χ1n) is 13.5. The van der Waals surface area contributed by atoms with Gasteiger partial charge in [-0.3, -0.25) is 14.1 Å². The lowest BCUT2D eigenvalue weighted by molar-refractivity contribution is 0.381. The molecule has 0 saturated heterocycles. The Morgan fingerprint density at radius 3 is 2.09 bits per heavy atom. The maximum Gasteiger partial charge on any atom is 0.394 e. The highest BCUT2D eigenvalue weighted by atomic mass is 32.3. The molecular weight excluding hydrogens is 655 g/mol. The molecule has 5 rings (SSSR count). The zero-order valence-electron chi connectivity index (χ0n) is 25.4. The van der Waals surface area contributed by atoms with E-state index in [0.29, 0.717) is 28.4 Å². The van der Waals surface area contributed by atoms with Crippen molar-refractivity contribution in [3.05, 3.63) is 107 Å². The van der Waals surface area contributed by atoms with Crippen molar-refractivity contribution in [3.8, 4) is 11.1 Å². The number of aryl methyl sites for hydroxylation is 1. The average molecular weight is 686 g/mol. The topological polar surface area (TPSA) is 195 Å². The Hall–Kier alpha value is -4.28. The summed E-state index contributed by atoms with van der Waals surface area (Å²) in [5.74, 6) is 0.763. The van der Waals surface area contributed by atoms with E-state index in [1.54, 1.807) is 51.2 Å². The molecule has 0 bridgehead atoms. The summed E-state index contributed by atoms with van der Waals surface area (Å²) in [6.07, 6.45) is 6.02. The molecule has 2 N–H and O–H groups in total. The predicted octanol–water partition coefficient (Wildman–Crippen LogP) is 5.21. The van der Waals surface area contributed by atoms with Gasteiger partial charge in [0.15, 0.2) is 25.5 Å². The molecule has 0 spiro atoms. The van der Waals surface area contributed by atoms with Crippen molar-refractivity contribution in [3.63, 3.8) is 0 Å². The monoisotopic (exact) mass is 685 g/mol. The maximum atomic E-state index is 12.7. The van der Waals surface area contributed by atoms with Crippen LogP contribution < -0.4 is 0 Å². The zero-order valence-corrected chi connectivity index (χ0v) is 27.9. The van der Waals surface area contributed by atoms with Crippen LogP contribution in [-0.4, -0.2) is 62.0 Å². The van der Waals surface area contributed by atoms with Crippen LogP contribution in [0.1, 0.15) is 42.3 Å². The number of rotatable bonds is 7. The van der Waals surface area contributed by atoms with Gasteiger partial charge in [-0.25, -0.2) is 16.8 Å². The molecule has 0 fully saturated rings. The highest BCUT2D eigenvalue weighted by Gasteiger charge is 2.33. The summed E-state index contributed by atoms with van der Waals surface area (Å²) in [4.78, 5) is 9.23. The second-order valence-corrected chi connectivity index (χ2v) is 16.4. The highest BCUT2D eigenvalue weighted by molar-refractivity contribution is 7.91. The average Bonchev–Trinajstić information content (AvgIpc) is 3.39. The van der Waals surface area contributed by atoms with Gasteiger partial charge in [-0.15, -0.1) is 0 Å². The summed E-state index contributed by atoms with van der Waals surface area (Å²) in [5, 5.41) is 4.77. The first-order valence-corrected chi connectivity index (χ1v) is 18.6. The van der Waals surface area contributed by atoms with Gasteiger partial charge in [0, 0.05) is 35.2 Å². The Balaban J connectivity index is 0.000000892. The summed E-state index contributed by atoms with van der Waals surface area (Å²) in [6.45, 7) is 5.13. The molecule has 12 nitrogen and oxygen atoms in total. The number of hydrogen-bond donors (Lipinski definition) is 2. The Kier molecular flexibility index (Phi) is 9.66. The number of sulfone groups is 2. The molecule has 0 aliphatic heterocycles. The SMILES string of the molecule is Cc1noc(/C(=C/c2cccc(-c3cc(C(C)(C)S(C)(=O)=O)cc4cccnc34)c2)c2ccc(S(C)(=O)=O)cc2)n1.O=S(=O)(O)O. The first kappa shape index (κ1) is 34.6. The van der Waals surface area contributed by atoms with Gasteiger partial charge in [-0.05, 0) is 85.5 Å². The van der Waals surface area contributed by atoms with Crippen LogP contribution in [0.4, 0.5) is 0 Å². The second-order valence-electron chi connectivity index (χ2n) is 11.0. The smallest absolute Gasteiger partial charge is 0.334 e. The van der Waals surface area contributed by atoms with Crippen LogP contribution in [0.25, 0.3) is 33.7 Å². The Bertz CT molecular complexity index is 2270. The van der Waals surface area contributed by atoms with E-state index in [2.05, 4.69) is 15.1 Å². The molecule has 0 unspecified atom stereocenters. The van der Waals surface area contributed by atoms with Gasteiger partial charge in [0.05, 0.1) is 15.2 Å². The fourth-order valence-corrected chi connectivity index (χ4v) is 5.67. The van der Waals surface area contributed by atoms with Gasteiger partial charge in [0.2, 0.25) is 0 Å². The molecule has 0 saturated carbocycles. The predicted molar refractivity (Wildman–Crippen MR) is 175 cm³/mol. The van der Waals surface area contributed by atoms with Gasteiger partial charge < -0.3 is 4.52 Å². The Labute approximate surface area is 267 Å². The molecule has 15 heteroatoms. The molecule has 0 radical (unpaired) electrons. The van der Waals surface area contributed by atoms with Crippen LogP contribution in [-0.2, 0) is 34.8 Å². The first-order chi connectivity index (χ1) is 21.2. The van der Waals surface area contributed by atoms with E-state index in [1.165, 1.54) is 6.26 Å². The lowest BCUT2D eigenvalue weighted by atomic mass is 9.92. The molecule has 3 aromatic carbocycles. The van der Waals surface area contributed by atoms with Crippen molar-refractivity contribution < 1.29 is 38.9 Å². The van der Waals surface area contributed by atoms with E-state index in [4.69, 9.17) is 22.0 Å². The van der Waals surface area contributed by atoms with E-state index >= 15 is 0 Å². The number of nitrogens with zero attached hydrogens (tertiary/aromatic N) is 3. The third-order valence-electron chi connectivity index (χ3n) is 7.19. The van der Waals surface area contributed by atoms with Gasteiger partial charge in [-0.2, -0.15) is 13.4 Å². The van der Waals surface area contributed by atoms with Crippen LogP contribution in [0.2, 0.25) is 0 Å². The van der Waals surface area contributed by atoms with Crippen molar-refractivity contribution in [2.24, 2.45) is 0 Å². The standard InChI is InChI=1S/C31H29N3O5S2.H2O4S/c1-20-33-30(39-34-20)28(22-11-13-26(14-12-22)40(4,35)36)17-21-8-6-9-23(16-21)27-19-25(31(2,3)41(5,37)38)18-24-10-7-15-32-29(24)27;1-5(2,3)4/h6-19H,1-5H3;(H2,1,2,3,4)/b28-17+;. The molecule has 0 aliphatic carbocycles. The van der Waals surface area contributed by atoms with Crippen LogP contribution in [0.5, 0.6) is 0 Å². The van der Waals surface area contributed by atoms with E-state index in [9.17, 15) is 16.8 Å². The minimum absolute atomic E-state index is 0.209. The largest absolute Gasteiger partial charge is 0.394 e. The molecular formula is C31H31N3O9S3. The fraction of sp³-hybridized carbons (Fsp3) is 0.194. The van der Waals surface area contributed by atoms with Crippen LogP contribution in [0.15, 0.2) is 88.4 Å². The molecule has 0 amide bonds. The minimum atomic E-state index is -4.67. The number of benzene rings is 3. The lowest BCUT2D eigenvalue weighted by Gasteiger charge is -2.24. The number of aromatic nitrogens is 3. The molecule has 2 aromatic heterocycles. The molecule has 0 atom stereocenters. The normalized spacial score (nSPS) is 12.9. The molecule has 242 valence electrons. The van der Waals surface area contributed by atoms with Crippen molar-refractivity contribution in [2.75, 3.05) is 12.5 Å². The van der Waals surface area contributed by atoms with Gasteiger partial charge in [0.1, 0.15) is 0 Å². The summed E-state index contributed by atoms with van der Waals surface area (Å²) in [5.41, 5.74) is 5.22. The summed E-state index contributed by atoms with van der Waals surface area (Å²) in [6, 6.07) is 21.8. The molecule has 46 heavy (non-hydrogen) atoms. The highest BCUT2D eigenvalue weighted by Crippen LogP contribution is 2.37. The quantitative estimate of drug-likeness (QED) is 0.168. The van der Waals surface area contributed by atoms with Crippen molar-refractivity contribution in [1.29, 1.82) is 0 Å².